The van der Waals surface area contributed by atoms with E-state index in [-0.39, 0.29) is 23.8 Å². The molecule has 0 unspecified atom stereocenters. The van der Waals surface area contributed by atoms with E-state index in [4.69, 9.17) is 21.4 Å². The topological polar surface area (TPSA) is 75.6 Å². The first-order chi connectivity index (χ1) is 8.51. The zero-order chi connectivity index (χ0) is 13.6. The largest absolute Gasteiger partial charge is 0.495 e. The lowest BCUT2D eigenvalue weighted by atomic mass is 10.3. The van der Waals surface area contributed by atoms with E-state index in [1.54, 1.807) is 6.07 Å². The number of hydrogen-bond acceptors (Lipinski definition) is 4. The normalized spacial score (nSPS) is 11.5. The van der Waals surface area contributed by atoms with Gasteiger partial charge < -0.3 is 9.84 Å². The summed E-state index contributed by atoms with van der Waals surface area (Å²) in [5.41, 5.74) is 0. The minimum absolute atomic E-state index is 0.0153. The summed E-state index contributed by atoms with van der Waals surface area (Å²) in [5.74, 6) is 0.244. The van der Waals surface area contributed by atoms with Crippen molar-refractivity contribution < 1.29 is 18.3 Å². The van der Waals surface area contributed by atoms with Crippen LogP contribution in [0.5, 0.6) is 5.75 Å². The molecule has 1 aromatic rings. The van der Waals surface area contributed by atoms with Gasteiger partial charge in [-0.05, 0) is 31.0 Å². The minimum Gasteiger partial charge on any atom is -0.495 e. The van der Waals surface area contributed by atoms with E-state index in [9.17, 15) is 8.42 Å². The summed E-state index contributed by atoms with van der Waals surface area (Å²) >= 11 is 5.78. The number of methoxy groups -OCH3 is 1. The Morgan fingerprint density at radius 3 is 2.72 bits per heavy atom. The zero-order valence-corrected chi connectivity index (χ0v) is 11.6. The van der Waals surface area contributed by atoms with Gasteiger partial charge in [-0.2, -0.15) is 0 Å². The van der Waals surface area contributed by atoms with Gasteiger partial charge in [0.2, 0.25) is 10.0 Å². The Bertz CT molecular complexity index is 490. The molecule has 1 rings (SSSR count). The summed E-state index contributed by atoms with van der Waals surface area (Å²) in [4.78, 5) is 0.0153. The van der Waals surface area contributed by atoms with Crippen LogP contribution in [0.25, 0.3) is 0 Å². The highest BCUT2D eigenvalue weighted by molar-refractivity contribution is 7.89. The molecule has 0 aromatic heterocycles. The lowest BCUT2D eigenvalue weighted by Gasteiger charge is -2.10. The molecule has 0 heterocycles. The molecule has 0 saturated heterocycles. The van der Waals surface area contributed by atoms with Gasteiger partial charge in [-0.15, -0.1) is 0 Å². The maximum absolute atomic E-state index is 12.0. The van der Waals surface area contributed by atoms with Crippen molar-refractivity contribution in [1.82, 2.24) is 4.72 Å². The SMILES string of the molecule is COc1ccc(Cl)cc1S(=O)(=O)NCCCCO. The lowest BCUT2D eigenvalue weighted by Crippen LogP contribution is -2.25. The molecular formula is C11H16ClNO4S. The molecule has 102 valence electrons. The number of sulfonamides is 1. The highest BCUT2D eigenvalue weighted by atomic mass is 35.5. The Morgan fingerprint density at radius 2 is 2.11 bits per heavy atom. The van der Waals surface area contributed by atoms with Crippen molar-refractivity contribution >= 4 is 21.6 Å². The van der Waals surface area contributed by atoms with E-state index < -0.39 is 10.0 Å². The van der Waals surface area contributed by atoms with Crippen LogP contribution in [-0.4, -0.2) is 33.8 Å². The Kier molecular flexibility index (Phi) is 5.87. The van der Waals surface area contributed by atoms with Gasteiger partial charge in [-0.1, -0.05) is 11.6 Å². The lowest BCUT2D eigenvalue weighted by molar-refractivity contribution is 0.285. The third-order valence-electron chi connectivity index (χ3n) is 2.29. The van der Waals surface area contributed by atoms with Crippen LogP contribution in [0.3, 0.4) is 0 Å². The van der Waals surface area contributed by atoms with Crippen molar-refractivity contribution in [2.45, 2.75) is 17.7 Å². The second-order valence-electron chi connectivity index (χ2n) is 3.62. The predicted molar refractivity (Wildman–Crippen MR) is 69.5 cm³/mol. The molecule has 0 radical (unpaired) electrons. The Morgan fingerprint density at radius 1 is 1.39 bits per heavy atom. The van der Waals surface area contributed by atoms with E-state index >= 15 is 0 Å². The van der Waals surface area contributed by atoms with Crippen molar-refractivity contribution in [3.63, 3.8) is 0 Å². The summed E-state index contributed by atoms with van der Waals surface area (Å²) < 4.78 is 31.5. The van der Waals surface area contributed by atoms with Crippen LogP contribution in [-0.2, 0) is 10.0 Å². The van der Waals surface area contributed by atoms with Gasteiger partial charge in [0, 0.05) is 18.2 Å². The Hall–Kier alpha value is -0.820. The molecule has 1 aromatic carbocycles. The van der Waals surface area contributed by atoms with E-state index in [1.165, 1.54) is 19.2 Å². The quantitative estimate of drug-likeness (QED) is 0.745. The molecule has 0 fully saturated rings. The van der Waals surface area contributed by atoms with Crippen LogP contribution >= 0.6 is 11.6 Å². The fourth-order valence-electron chi connectivity index (χ4n) is 1.38. The summed E-state index contributed by atoms with van der Waals surface area (Å²) in [6, 6.07) is 4.41. The smallest absolute Gasteiger partial charge is 0.244 e. The average molecular weight is 294 g/mol. The number of hydrogen-bond donors (Lipinski definition) is 2. The van der Waals surface area contributed by atoms with Crippen molar-refractivity contribution in [3.05, 3.63) is 23.2 Å². The Balaban J connectivity index is 2.87. The van der Waals surface area contributed by atoms with Crippen LogP contribution < -0.4 is 9.46 Å². The fourth-order valence-corrected chi connectivity index (χ4v) is 2.89. The van der Waals surface area contributed by atoms with Crippen LogP contribution in [0.15, 0.2) is 23.1 Å². The first-order valence-corrected chi connectivity index (χ1v) is 7.31. The van der Waals surface area contributed by atoms with Crippen LogP contribution in [0.4, 0.5) is 0 Å². The van der Waals surface area contributed by atoms with Gasteiger partial charge >= 0.3 is 0 Å². The van der Waals surface area contributed by atoms with Crippen LogP contribution in [0.1, 0.15) is 12.8 Å². The van der Waals surface area contributed by atoms with Crippen molar-refractivity contribution in [1.29, 1.82) is 0 Å². The van der Waals surface area contributed by atoms with E-state index in [0.29, 0.717) is 17.9 Å². The van der Waals surface area contributed by atoms with Gasteiger partial charge in [0.05, 0.1) is 7.11 Å². The number of nitrogens with one attached hydrogen (secondary N) is 1. The predicted octanol–water partition coefficient (Wildman–Crippen LogP) is 1.40. The molecule has 0 aliphatic carbocycles. The number of rotatable bonds is 7. The first kappa shape index (κ1) is 15.2. The standard InChI is InChI=1S/C11H16ClNO4S/c1-17-10-5-4-9(12)8-11(10)18(15,16)13-6-2-3-7-14/h4-5,8,13-14H,2-3,6-7H2,1H3. The van der Waals surface area contributed by atoms with Gasteiger partial charge in [-0.3, -0.25) is 0 Å². The van der Waals surface area contributed by atoms with Crippen molar-refractivity contribution in [3.8, 4) is 5.75 Å². The number of benzene rings is 1. The molecule has 7 heteroatoms. The summed E-state index contributed by atoms with van der Waals surface area (Å²) in [5, 5.41) is 8.94. The maximum atomic E-state index is 12.0. The molecule has 0 amide bonds. The molecule has 2 N–H and O–H groups in total. The minimum atomic E-state index is -3.65. The first-order valence-electron chi connectivity index (χ1n) is 5.45. The second kappa shape index (κ2) is 6.94. The third-order valence-corrected chi connectivity index (χ3v) is 4.01. The highest BCUT2D eigenvalue weighted by Crippen LogP contribution is 2.26. The molecule has 0 spiro atoms. The molecule has 5 nitrogen and oxygen atoms in total. The third kappa shape index (κ3) is 4.13. The van der Waals surface area contributed by atoms with Gasteiger partial charge in [0.15, 0.2) is 0 Å². The highest BCUT2D eigenvalue weighted by Gasteiger charge is 2.19. The fraction of sp³-hybridized carbons (Fsp3) is 0.455. The monoisotopic (exact) mass is 293 g/mol. The number of ether oxygens (including phenoxy) is 1. The summed E-state index contributed by atoms with van der Waals surface area (Å²) in [6.07, 6.45) is 1.12. The van der Waals surface area contributed by atoms with Crippen LogP contribution in [0.2, 0.25) is 5.02 Å². The summed E-state index contributed by atoms with van der Waals surface area (Å²) in [6.45, 7) is 0.306. The van der Waals surface area contributed by atoms with Crippen LogP contribution in [0, 0.1) is 0 Å². The molecular weight excluding hydrogens is 278 g/mol. The molecule has 0 aliphatic heterocycles. The Labute approximate surface area is 112 Å². The van der Waals surface area contributed by atoms with Crippen molar-refractivity contribution in [2.24, 2.45) is 0 Å². The van der Waals surface area contributed by atoms with Gasteiger partial charge in [-0.25, -0.2) is 13.1 Å². The zero-order valence-electron chi connectivity index (χ0n) is 10.0. The number of halogens is 1. The second-order valence-corrected chi connectivity index (χ2v) is 5.80. The number of aliphatic hydroxyl groups excluding tert-OH is 1. The molecule has 0 atom stereocenters. The van der Waals surface area contributed by atoms with E-state index in [2.05, 4.69) is 4.72 Å². The maximum Gasteiger partial charge on any atom is 0.244 e. The average Bonchev–Trinajstić information content (AvgIpc) is 2.35. The van der Waals surface area contributed by atoms with Crippen molar-refractivity contribution in [2.75, 3.05) is 20.3 Å². The van der Waals surface area contributed by atoms with E-state index in [0.717, 1.165) is 0 Å². The van der Waals surface area contributed by atoms with Gasteiger partial charge in [0.1, 0.15) is 10.6 Å². The van der Waals surface area contributed by atoms with Gasteiger partial charge in [0.25, 0.3) is 0 Å². The summed E-state index contributed by atoms with van der Waals surface area (Å²) in [7, 11) is -2.25. The molecule has 0 saturated carbocycles. The number of aliphatic hydroxyl groups is 1. The molecule has 18 heavy (non-hydrogen) atoms. The molecule has 0 aliphatic rings. The van der Waals surface area contributed by atoms with E-state index in [1.807, 2.05) is 0 Å². The number of unbranched alkanes of at least 4 members (excludes halogenated alkanes) is 1. The molecule has 0 bridgehead atoms.